The van der Waals surface area contributed by atoms with Gasteiger partial charge in [0.2, 0.25) is 15.0 Å². The number of amides is 1. The van der Waals surface area contributed by atoms with Crippen molar-refractivity contribution in [3.05, 3.63) is 69.7 Å². The summed E-state index contributed by atoms with van der Waals surface area (Å²) in [4.78, 5) is 19.6. The summed E-state index contributed by atoms with van der Waals surface area (Å²) >= 11 is 1.38. The highest BCUT2D eigenvalue weighted by molar-refractivity contribution is 7.90. The van der Waals surface area contributed by atoms with E-state index >= 15 is 0 Å². The Bertz CT molecular complexity index is 1130. The molecule has 0 bridgehead atoms. The number of nitrogens with zero attached hydrogens (tertiary/aromatic N) is 3. The number of hydrogen-bond acceptors (Lipinski definition) is 6. The number of hydrogen-bond donors (Lipinski definition) is 0. The quantitative estimate of drug-likeness (QED) is 0.441. The van der Waals surface area contributed by atoms with Gasteiger partial charge in [0.25, 0.3) is 5.91 Å². The number of ether oxygens (including phenoxy) is 1. The molecule has 7 nitrogen and oxygen atoms in total. The first kappa shape index (κ1) is 24.2. The number of imidazole rings is 1. The molecule has 0 N–H and O–H groups in total. The van der Waals surface area contributed by atoms with Gasteiger partial charge in [0.15, 0.2) is 0 Å². The smallest absolute Gasteiger partial charge is 0.264 e. The summed E-state index contributed by atoms with van der Waals surface area (Å²) in [7, 11) is -2.09. The van der Waals surface area contributed by atoms with Crippen LogP contribution in [0.2, 0.25) is 0 Å². The Hall–Kier alpha value is -2.49. The molecule has 0 atom stereocenters. The SMILES string of the molecule is COCCN(Cc1cnc(S(=O)(=O)Cc2ccc(C)cc2)n1C(C)C)C(=O)c1cccs1. The minimum absolute atomic E-state index is 0.0262. The van der Waals surface area contributed by atoms with Crippen LogP contribution in [0.1, 0.15) is 46.4 Å². The molecule has 3 aromatic rings. The lowest BCUT2D eigenvalue weighted by Crippen LogP contribution is -2.34. The predicted octanol–water partition coefficient (Wildman–Crippen LogP) is 4.10. The van der Waals surface area contributed by atoms with Crippen LogP contribution >= 0.6 is 11.3 Å². The fourth-order valence-corrected chi connectivity index (χ4v) is 5.74. The molecule has 0 spiro atoms. The molecule has 3 rings (SSSR count). The van der Waals surface area contributed by atoms with Crippen LogP contribution in [0.4, 0.5) is 0 Å². The third kappa shape index (κ3) is 5.65. The molecular weight excluding hydrogens is 446 g/mol. The second-order valence-electron chi connectivity index (χ2n) is 7.94. The summed E-state index contributed by atoms with van der Waals surface area (Å²) in [5.41, 5.74) is 2.46. The van der Waals surface area contributed by atoms with E-state index in [-0.39, 0.29) is 29.4 Å². The van der Waals surface area contributed by atoms with Gasteiger partial charge in [-0.2, -0.15) is 0 Å². The molecule has 172 valence electrons. The maximum atomic E-state index is 13.2. The zero-order chi connectivity index (χ0) is 23.3. The molecule has 1 amide bonds. The third-order valence-electron chi connectivity index (χ3n) is 5.05. The van der Waals surface area contributed by atoms with Gasteiger partial charge >= 0.3 is 0 Å². The first-order valence-electron chi connectivity index (χ1n) is 10.4. The van der Waals surface area contributed by atoms with E-state index in [1.54, 1.807) is 28.8 Å². The number of carbonyl (C=O) groups excluding carboxylic acids is 1. The highest BCUT2D eigenvalue weighted by atomic mass is 32.2. The Morgan fingerprint density at radius 3 is 2.53 bits per heavy atom. The van der Waals surface area contributed by atoms with Crippen LogP contribution in [0.15, 0.2) is 53.1 Å². The molecule has 0 aliphatic carbocycles. The van der Waals surface area contributed by atoms with E-state index in [9.17, 15) is 13.2 Å². The number of aromatic nitrogens is 2. The van der Waals surface area contributed by atoms with Crippen molar-refractivity contribution in [1.29, 1.82) is 0 Å². The van der Waals surface area contributed by atoms with Gasteiger partial charge in [-0.15, -0.1) is 11.3 Å². The predicted molar refractivity (Wildman–Crippen MR) is 126 cm³/mol. The Balaban J connectivity index is 1.91. The summed E-state index contributed by atoms with van der Waals surface area (Å²) in [5.74, 6) is -0.240. The van der Waals surface area contributed by atoms with Gasteiger partial charge in [0, 0.05) is 19.7 Å². The van der Waals surface area contributed by atoms with E-state index in [2.05, 4.69) is 4.98 Å². The van der Waals surface area contributed by atoms with Gasteiger partial charge in [-0.25, -0.2) is 13.4 Å². The van der Waals surface area contributed by atoms with E-state index in [1.165, 1.54) is 11.3 Å². The van der Waals surface area contributed by atoms with Crippen LogP contribution in [0.5, 0.6) is 0 Å². The normalized spacial score (nSPS) is 11.8. The Kier molecular flexibility index (Phi) is 7.86. The molecule has 1 aromatic carbocycles. The highest BCUT2D eigenvalue weighted by Gasteiger charge is 2.27. The summed E-state index contributed by atoms with van der Waals surface area (Å²) in [6.07, 6.45) is 1.56. The molecule has 0 saturated heterocycles. The number of sulfone groups is 1. The Labute approximate surface area is 193 Å². The number of rotatable bonds is 10. The van der Waals surface area contributed by atoms with Gasteiger partial charge < -0.3 is 14.2 Å². The largest absolute Gasteiger partial charge is 0.383 e. The van der Waals surface area contributed by atoms with Crippen molar-refractivity contribution in [2.45, 2.75) is 44.3 Å². The minimum atomic E-state index is -3.67. The van der Waals surface area contributed by atoms with E-state index in [0.29, 0.717) is 29.3 Å². The first-order valence-corrected chi connectivity index (χ1v) is 12.9. The standard InChI is InChI=1S/C23H29N3O4S2/c1-17(2)26-20(15-25(11-12-30-4)22(27)21-6-5-13-31-21)14-24-23(26)32(28,29)16-19-9-7-18(3)8-10-19/h5-10,13-14,17H,11-12,15-16H2,1-4H3. The molecule has 0 unspecified atom stereocenters. The molecular formula is C23H29N3O4S2. The lowest BCUT2D eigenvalue weighted by Gasteiger charge is -2.24. The topological polar surface area (TPSA) is 81.5 Å². The Morgan fingerprint density at radius 1 is 1.22 bits per heavy atom. The van der Waals surface area contributed by atoms with Crippen LogP contribution in [-0.2, 0) is 26.9 Å². The average molecular weight is 476 g/mol. The Morgan fingerprint density at radius 2 is 1.94 bits per heavy atom. The molecule has 32 heavy (non-hydrogen) atoms. The van der Waals surface area contributed by atoms with E-state index < -0.39 is 9.84 Å². The summed E-state index contributed by atoms with van der Waals surface area (Å²) in [6.45, 7) is 6.80. The number of aryl methyl sites for hydroxylation is 1. The van der Waals surface area contributed by atoms with Crippen LogP contribution in [0.3, 0.4) is 0 Å². The minimum Gasteiger partial charge on any atom is -0.383 e. The third-order valence-corrected chi connectivity index (χ3v) is 7.48. The molecule has 2 heterocycles. The second-order valence-corrected chi connectivity index (χ2v) is 10.8. The molecule has 0 aliphatic heterocycles. The zero-order valence-electron chi connectivity index (χ0n) is 18.8. The van der Waals surface area contributed by atoms with E-state index in [0.717, 1.165) is 5.56 Å². The number of thiophene rings is 1. The van der Waals surface area contributed by atoms with Crippen LogP contribution in [0.25, 0.3) is 0 Å². The maximum Gasteiger partial charge on any atom is 0.264 e. The monoisotopic (exact) mass is 475 g/mol. The lowest BCUT2D eigenvalue weighted by atomic mass is 10.2. The van der Waals surface area contributed by atoms with Crippen molar-refractivity contribution in [2.24, 2.45) is 0 Å². The van der Waals surface area contributed by atoms with Crippen molar-refractivity contribution in [2.75, 3.05) is 20.3 Å². The highest BCUT2D eigenvalue weighted by Crippen LogP contribution is 2.24. The molecule has 9 heteroatoms. The van der Waals surface area contributed by atoms with Gasteiger partial charge in [-0.1, -0.05) is 35.9 Å². The van der Waals surface area contributed by atoms with Crippen molar-refractivity contribution >= 4 is 27.1 Å². The number of carbonyl (C=O) groups is 1. The fourth-order valence-electron chi connectivity index (χ4n) is 3.45. The number of methoxy groups -OCH3 is 1. The molecule has 0 aliphatic rings. The molecule has 0 saturated carbocycles. The van der Waals surface area contributed by atoms with Crippen molar-refractivity contribution in [1.82, 2.24) is 14.5 Å². The van der Waals surface area contributed by atoms with Gasteiger partial charge in [-0.3, -0.25) is 4.79 Å². The van der Waals surface area contributed by atoms with Gasteiger partial charge in [-0.05, 0) is 37.8 Å². The zero-order valence-corrected chi connectivity index (χ0v) is 20.4. The molecule has 0 fully saturated rings. The van der Waals surface area contributed by atoms with Crippen LogP contribution in [-0.4, -0.2) is 49.0 Å². The summed E-state index contributed by atoms with van der Waals surface area (Å²) in [6, 6.07) is 10.9. The van der Waals surface area contributed by atoms with Gasteiger partial charge in [0.05, 0.1) is 35.7 Å². The number of benzene rings is 1. The second kappa shape index (κ2) is 10.4. The first-order chi connectivity index (χ1) is 15.2. The van der Waals surface area contributed by atoms with Crippen molar-refractivity contribution in [3.8, 4) is 0 Å². The molecule has 2 aromatic heterocycles. The molecule has 0 radical (unpaired) electrons. The van der Waals surface area contributed by atoms with E-state index in [1.807, 2.05) is 56.5 Å². The lowest BCUT2D eigenvalue weighted by molar-refractivity contribution is 0.0679. The average Bonchev–Trinajstić information content (AvgIpc) is 3.42. The summed E-state index contributed by atoms with van der Waals surface area (Å²) < 4.78 is 33.3. The van der Waals surface area contributed by atoms with Crippen LogP contribution < -0.4 is 0 Å². The maximum absolute atomic E-state index is 13.2. The summed E-state index contributed by atoms with van der Waals surface area (Å²) in [5, 5.41) is 1.88. The van der Waals surface area contributed by atoms with E-state index in [4.69, 9.17) is 4.74 Å². The van der Waals surface area contributed by atoms with Crippen molar-refractivity contribution in [3.63, 3.8) is 0 Å². The van der Waals surface area contributed by atoms with Gasteiger partial charge in [0.1, 0.15) is 0 Å². The fraction of sp³-hybridized carbons (Fsp3) is 0.391. The van der Waals surface area contributed by atoms with Crippen molar-refractivity contribution < 1.29 is 17.9 Å². The van der Waals surface area contributed by atoms with Crippen LogP contribution in [0, 0.1) is 6.92 Å².